The standard InChI is InChI=1S/C14H12BrClN2O2/c1-9-6-11(15)13(7-12(9)16)17-8-10-4-2-3-5-14(10)18(19)20/h2-7,17H,8H2,1H3. The highest BCUT2D eigenvalue weighted by Gasteiger charge is 2.12. The summed E-state index contributed by atoms with van der Waals surface area (Å²) in [6.45, 7) is 2.27. The van der Waals surface area contributed by atoms with E-state index < -0.39 is 0 Å². The third kappa shape index (κ3) is 3.29. The largest absolute Gasteiger partial charge is 0.380 e. The first-order valence-corrected chi connectivity index (χ1v) is 7.08. The normalized spacial score (nSPS) is 10.3. The molecule has 0 fully saturated rings. The number of hydrogen-bond donors (Lipinski definition) is 1. The van der Waals surface area contributed by atoms with Crippen LogP contribution >= 0.6 is 27.5 Å². The van der Waals surface area contributed by atoms with Crippen molar-refractivity contribution in [2.45, 2.75) is 13.5 Å². The molecule has 0 heterocycles. The van der Waals surface area contributed by atoms with E-state index in [4.69, 9.17) is 11.6 Å². The highest BCUT2D eigenvalue weighted by Crippen LogP contribution is 2.30. The van der Waals surface area contributed by atoms with Gasteiger partial charge in [0.15, 0.2) is 0 Å². The van der Waals surface area contributed by atoms with Crippen molar-refractivity contribution >= 4 is 38.9 Å². The second-order valence-electron chi connectivity index (χ2n) is 4.32. The van der Waals surface area contributed by atoms with Crippen molar-refractivity contribution in [1.82, 2.24) is 0 Å². The van der Waals surface area contributed by atoms with E-state index in [2.05, 4.69) is 21.2 Å². The van der Waals surface area contributed by atoms with E-state index in [1.807, 2.05) is 13.0 Å². The average Bonchev–Trinajstić information content (AvgIpc) is 2.41. The summed E-state index contributed by atoms with van der Waals surface area (Å²) in [5.74, 6) is 0. The topological polar surface area (TPSA) is 55.2 Å². The molecule has 0 bridgehead atoms. The molecule has 0 amide bonds. The molecule has 2 aromatic carbocycles. The summed E-state index contributed by atoms with van der Waals surface area (Å²) in [5, 5.41) is 14.8. The molecule has 20 heavy (non-hydrogen) atoms. The number of aryl methyl sites for hydroxylation is 1. The molecule has 0 saturated heterocycles. The Bertz CT molecular complexity index is 662. The number of nitrogens with zero attached hydrogens (tertiary/aromatic N) is 1. The Balaban J connectivity index is 2.21. The van der Waals surface area contributed by atoms with Gasteiger partial charge in [-0.25, -0.2) is 0 Å². The highest BCUT2D eigenvalue weighted by atomic mass is 79.9. The SMILES string of the molecule is Cc1cc(Br)c(NCc2ccccc2[N+](=O)[O-])cc1Cl. The minimum absolute atomic E-state index is 0.106. The molecule has 0 spiro atoms. The van der Waals surface area contributed by atoms with Crippen molar-refractivity contribution in [2.75, 3.05) is 5.32 Å². The predicted octanol–water partition coefficient (Wildman–Crippen LogP) is 4.93. The summed E-state index contributed by atoms with van der Waals surface area (Å²) in [5.41, 5.74) is 2.50. The van der Waals surface area contributed by atoms with Crippen LogP contribution < -0.4 is 5.32 Å². The van der Waals surface area contributed by atoms with E-state index in [-0.39, 0.29) is 10.6 Å². The second-order valence-corrected chi connectivity index (χ2v) is 5.58. The average molecular weight is 356 g/mol. The maximum atomic E-state index is 10.9. The molecule has 0 aliphatic heterocycles. The van der Waals surface area contributed by atoms with E-state index >= 15 is 0 Å². The minimum Gasteiger partial charge on any atom is -0.380 e. The maximum absolute atomic E-state index is 10.9. The van der Waals surface area contributed by atoms with Gasteiger partial charge in [-0.05, 0) is 40.5 Å². The lowest BCUT2D eigenvalue weighted by Crippen LogP contribution is -2.03. The molecule has 0 radical (unpaired) electrons. The molecule has 4 nitrogen and oxygen atoms in total. The zero-order chi connectivity index (χ0) is 14.7. The third-order valence-corrected chi connectivity index (χ3v) is 3.97. The number of hydrogen-bond acceptors (Lipinski definition) is 3. The van der Waals surface area contributed by atoms with Crippen LogP contribution in [0.25, 0.3) is 0 Å². The molecule has 2 rings (SSSR count). The van der Waals surface area contributed by atoms with Crippen molar-refractivity contribution in [2.24, 2.45) is 0 Å². The Kier molecular flexibility index (Phi) is 4.62. The zero-order valence-electron chi connectivity index (χ0n) is 10.7. The molecule has 2 aromatic rings. The second kappa shape index (κ2) is 6.24. The van der Waals surface area contributed by atoms with Gasteiger partial charge < -0.3 is 5.32 Å². The van der Waals surface area contributed by atoms with Gasteiger partial charge in [-0.15, -0.1) is 0 Å². The first-order chi connectivity index (χ1) is 9.49. The smallest absolute Gasteiger partial charge is 0.274 e. The van der Waals surface area contributed by atoms with Gasteiger partial charge in [-0.3, -0.25) is 10.1 Å². The van der Waals surface area contributed by atoms with Gasteiger partial charge in [-0.2, -0.15) is 0 Å². The zero-order valence-corrected chi connectivity index (χ0v) is 13.0. The lowest BCUT2D eigenvalue weighted by Gasteiger charge is -2.11. The molecular formula is C14H12BrClN2O2. The number of nitro groups is 1. The molecule has 1 N–H and O–H groups in total. The van der Waals surface area contributed by atoms with E-state index in [1.54, 1.807) is 24.3 Å². The van der Waals surface area contributed by atoms with Crippen LogP contribution in [0.3, 0.4) is 0 Å². The van der Waals surface area contributed by atoms with Crippen molar-refractivity contribution in [3.63, 3.8) is 0 Å². The number of para-hydroxylation sites is 1. The van der Waals surface area contributed by atoms with Gasteiger partial charge in [0.2, 0.25) is 0 Å². The Labute approximate surface area is 130 Å². The van der Waals surface area contributed by atoms with Crippen LogP contribution in [0, 0.1) is 17.0 Å². The van der Waals surface area contributed by atoms with Crippen LogP contribution in [0.5, 0.6) is 0 Å². The number of nitrogens with one attached hydrogen (secondary N) is 1. The fourth-order valence-corrected chi connectivity index (χ4v) is 2.57. The molecule has 0 atom stereocenters. The van der Waals surface area contributed by atoms with Crippen molar-refractivity contribution in [3.8, 4) is 0 Å². The fraction of sp³-hybridized carbons (Fsp3) is 0.143. The van der Waals surface area contributed by atoms with Crippen LogP contribution in [-0.4, -0.2) is 4.92 Å². The monoisotopic (exact) mass is 354 g/mol. The number of nitro benzene ring substituents is 1. The summed E-state index contributed by atoms with van der Waals surface area (Å²) >= 11 is 9.53. The molecule has 6 heteroatoms. The molecule has 104 valence electrons. The van der Waals surface area contributed by atoms with Crippen LogP contribution in [0.15, 0.2) is 40.9 Å². The molecule has 0 unspecified atom stereocenters. The molecular weight excluding hydrogens is 344 g/mol. The van der Waals surface area contributed by atoms with Crippen LogP contribution in [0.1, 0.15) is 11.1 Å². The summed E-state index contributed by atoms with van der Waals surface area (Å²) in [6.07, 6.45) is 0. The van der Waals surface area contributed by atoms with E-state index in [9.17, 15) is 10.1 Å². The molecule has 0 aromatic heterocycles. The number of rotatable bonds is 4. The Morgan fingerprint density at radius 3 is 2.75 bits per heavy atom. The first-order valence-electron chi connectivity index (χ1n) is 5.91. The van der Waals surface area contributed by atoms with E-state index in [0.29, 0.717) is 17.1 Å². The molecule has 0 aliphatic carbocycles. The molecule has 0 saturated carbocycles. The highest BCUT2D eigenvalue weighted by molar-refractivity contribution is 9.10. The van der Waals surface area contributed by atoms with Gasteiger partial charge in [0.1, 0.15) is 0 Å². The van der Waals surface area contributed by atoms with Gasteiger partial charge in [-0.1, -0.05) is 29.8 Å². The van der Waals surface area contributed by atoms with Gasteiger partial charge >= 0.3 is 0 Å². The lowest BCUT2D eigenvalue weighted by atomic mass is 10.1. The van der Waals surface area contributed by atoms with E-state index in [0.717, 1.165) is 15.7 Å². The fourth-order valence-electron chi connectivity index (χ4n) is 1.81. The van der Waals surface area contributed by atoms with Gasteiger partial charge in [0.05, 0.1) is 10.6 Å². The summed E-state index contributed by atoms with van der Waals surface area (Å²) in [6, 6.07) is 10.4. The maximum Gasteiger partial charge on any atom is 0.274 e. The first kappa shape index (κ1) is 14.8. The number of anilines is 1. The van der Waals surface area contributed by atoms with Crippen molar-refractivity contribution in [3.05, 3.63) is 67.1 Å². The summed E-state index contributed by atoms with van der Waals surface area (Å²) in [7, 11) is 0. The lowest BCUT2D eigenvalue weighted by molar-refractivity contribution is -0.385. The third-order valence-electron chi connectivity index (χ3n) is 2.91. The minimum atomic E-state index is -0.381. The number of benzene rings is 2. The Morgan fingerprint density at radius 1 is 1.35 bits per heavy atom. The van der Waals surface area contributed by atoms with E-state index in [1.165, 1.54) is 6.07 Å². The van der Waals surface area contributed by atoms with Crippen molar-refractivity contribution in [1.29, 1.82) is 0 Å². The predicted molar refractivity (Wildman–Crippen MR) is 84.3 cm³/mol. The Hall–Kier alpha value is -1.59. The summed E-state index contributed by atoms with van der Waals surface area (Å²) in [4.78, 5) is 10.6. The van der Waals surface area contributed by atoms with Crippen LogP contribution in [0.2, 0.25) is 5.02 Å². The number of halogens is 2. The van der Waals surface area contributed by atoms with Gasteiger partial charge in [0.25, 0.3) is 5.69 Å². The van der Waals surface area contributed by atoms with Crippen molar-refractivity contribution < 1.29 is 4.92 Å². The van der Waals surface area contributed by atoms with Gasteiger partial charge in [0, 0.05) is 27.7 Å². The quantitative estimate of drug-likeness (QED) is 0.625. The summed E-state index contributed by atoms with van der Waals surface area (Å²) < 4.78 is 0.873. The van der Waals surface area contributed by atoms with Crippen LogP contribution in [0.4, 0.5) is 11.4 Å². The van der Waals surface area contributed by atoms with Crippen LogP contribution in [-0.2, 0) is 6.54 Å². The Morgan fingerprint density at radius 2 is 2.05 bits per heavy atom. The molecule has 0 aliphatic rings.